The van der Waals surface area contributed by atoms with Crippen LogP contribution < -0.4 is 10.6 Å². The SMILES string of the molecule is CC(C(=O)NCc1cccc(Cn2cnc3ccccc32)c1)C1CNC1. The van der Waals surface area contributed by atoms with Gasteiger partial charge in [0.05, 0.1) is 17.4 Å². The maximum atomic E-state index is 12.3. The van der Waals surface area contributed by atoms with Crippen molar-refractivity contribution in [1.82, 2.24) is 20.2 Å². The molecule has 5 heteroatoms. The third kappa shape index (κ3) is 3.48. The van der Waals surface area contributed by atoms with E-state index >= 15 is 0 Å². The van der Waals surface area contributed by atoms with Gasteiger partial charge in [0.1, 0.15) is 0 Å². The molecule has 1 unspecified atom stereocenters. The van der Waals surface area contributed by atoms with E-state index in [0.717, 1.165) is 36.2 Å². The number of imidazole rings is 1. The van der Waals surface area contributed by atoms with Crippen LogP contribution in [-0.2, 0) is 17.9 Å². The second-order valence-corrected chi connectivity index (χ2v) is 7.11. The van der Waals surface area contributed by atoms with E-state index in [9.17, 15) is 4.79 Å². The van der Waals surface area contributed by atoms with Crippen molar-refractivity contribution in [3.05, 3.63) is 66.0 Å². The fraction of sp³-hybridized carbons (Fsp3) is 0.333. The highest BCUT2D eigenvalue weighted by molar-refractivity contribution is 5.78. The molecule has 2 heterocycles. The van der Waals surface area contributed by atoms with Crippen molar-refractivity contribution < 1.29 is 4.79 Å². The van der Waals surface area contributed by atoms with Gasteiger partial charge in [-0.05, 0) is 42.3 Å². The molecule has 5 nitrogen and oxygen atoms in total. The van der Waals surface area contributed by atoms with Gasteiger partial charge in [0, 0.05) is 19.0 Å². The molecule has 2 N–H and O–H groups in total. The number of nitrogens with zero attached hydrogens (tertiary/aromatic N) is 2. The summed E-state index contributed by atoms with van der Waals surface area (Å²) < 4.78 is 2.15. The number of fused-ring (bicyclic) bond motifs is 1. The summed E-state index contributed by atoms with van der Waals surface area (Å²) in [5.41, 5.74) is 4.47. The Balaban J connectivity index is 1.41. The fourth-order valence-corrected chi connectivity index (χ4v) is 3.40. The first-order valence-corrected chi connectivity index (χ1v) is 9.17. The van der Waals surface area contributed by atoms with Crippen LogP contribution in [-0.4, -0.2) is 28.5 Å². The highest BCUT2D eigenvalue weighted by atomic mass is 16.1. The first-order valence-electron chi connectivity index (χ1n) is 9.17. The summed E-state index contributed by atoms with van der Waals surface area (Å²) in [6.07, 6.45) is 1.88. The van der Waals surface area contributed by atoms with Gasteiger partial charge in [-0.1, -0.05) is 43.3 Å². The van der Waals surface area contributed by atoms with Gasteiger partial charge in [-0.25, -0.2) is 4.98 Å². The predicted octanol–water partition coefficient (Wildman–Crippen LogP) is 2.56. The van der Waals surface area contributed by atoms with E-state index in [0.29, 0.717) is 12.5 Å². The Bertz CT molecular complexity index is 913. The summed E-state index contributed by atoms with van der Waals surface area (Å²) in [7, 11) is 0. The molecule has 0 bridgehead atoms. The Morgan fingerprint density at radius 1 is 1.23 bits per heavy atom. The first kappa shape index (κ1) is 16.8. The van der Waals surface area contributed by atoms with Crippen LogP contribution in [0.2, 0.25) is 0 Å². The van der Waals surface area contributed by atoms with Gasteiger partial charge < -0.3 is 15.2 Å². The molecule has 1 atom stereocenters. The van der Waals surface area contributed by atoms with Crippen LogP contribution in [0.15, 0.2) is 54.9 Å². The number of para-hydroxylation sites is 2. The largest absolute Gasteiger partial charge is 0.352 e. The Morgan fingerprint density at radius 3 is 2.85 bits per heavy atom. The van der Waals surface area contributed by atoms with Crippen LogP contribution in [0.3, 0.4) is 0 Å². The smallest absolute Gasteiger partial charge is 0.223 e. The van der Waals surface area contributed by atoms with Crippen molar-refractivity contribution in [3.63, 3.8) is 0 Å². The molecule has 4 rings (SSSR count). The summed E-state index contributed by atoms with van der Waals surface area (Å²) in [5.74, 6) is 0.676. The number of nitrogens with one attached hydrogen (secondary N) is 2. The lowest BCUT2D eigenvalue weighted by Crippen LogP contribution is -2.49. The number of carbonyl (C=O) groups is 1. The maximum Gasteiger partial charge on any atom is 0.223 e. The number of benzene rings is 2. The van der Waals surface area contributed by atoms with Crippen molar-refractivity contribution in [2.45, 2.75) is 20.0 Å². The highest BCUT2D eigenvalue weighted by Crippen LogP contribution is 2.17. The monoisotopic (exact) mass is 348 g/mol. The second-order valence-electron chi connectivity index (χ2n) is 7.11. The van der Waals surface area contributed by atoms with Gasteiger partial charge in [-0.15, -0.1) is 0 Å². The zero-order valence-corrected chi connectivity index (χ0v) is 15.0. The zero-order valence-electron chi connectivity index (χ0n) is 15.0. The molecule has 1 fully saturated rings. The topological polar surface area (TPSA) is 59.0 Å². The van der Waals surface area contributed by atoms with Crippen molar-refractivity contribution in [3.8, 4) is 0 Å². The molecule has 1 aliphatic heterocycles. The summed E-state index contributed by atoms with van der Waals surface area (Å²) in [4.78, 5) is 16.7. The Morgan fingerprint density at radius 2 is 2.04 bits per heavy atom. The summed E-state index contributed by atoms with van der Waals surface area (Å²) >= 11 is 0. The average molecular weight is 348 g/mol. The van der Waals surface area contributed by atoms with E-state index in [1.165, 1.54) is 5.56 Å². The molecule has 0 spiro atoms. The molecule has 0 aliphatic carbocycles. The van der Waals surface area contributed by atoms with Gasteiger partial charge in [-0.2, -0.15) is 0 Å². The third-order valence-electron chi connectivity index (χ3n) is 5.27. The van der Waals surface area contributed by atoms with Crippen molar-refractivity contribution in [1.29, 1.82) is 0 Å². The minimum absolute atomic E-state index is 0.0664. The number of hydrogen-bond donors (Lipinski definition) is 2. The van der Waals surface area contributed by atoms with E-state index < -0.39 is 0 Å². The molecule has 1 amide bonds. The molecule has 1 aromatic heterocycles. The van der Waals surface area contributed by atoms with Crippen molar-refractivity contribution in [2.24, 2.45) is 11.8 Å². The van der Waals surface area contributed by atoms with Crippen LogP contribution in [0.5, 0.6) is 0 Å². The lowest BCUT2D eigenvalue weighted by atomic mass is 9.88. The predicted molar refractivity (Wildman–Crippen MR) is 103 cm³/mol. The molecular formula is C21H24N4O. The number of carbonyl (C=O) groups excluding carboxylic acids is 1. The van der Waals surface area contributed by atoms with E-state index in [2.05, 4.69) is 50.5 Å². The number of rotatable bonds is 6. The van der Waals surface area contributed by atoms with Crippen LogP contribution in [0.1, 0.15) is 18.1 Å². The number of aromatic nitrogens is 2. The minimum Gasteiger partial charge on any atom is -0.352 e. The number of amides is 1. The van der Waals surface area contributed by atoms with Crippen LogP contribution in [0, 0.1) is 11.8 Å². The van der Waals surface area contributed by atoms with E-state index in [4.69, 9.17) is 0 Å². The van der Waals surface area contributed by atoms with E-state index in [1.807, 2.05) is 31.5 Å². The van der Waals surface area contributed by atoms with Gasteiger partial charge in [0.15, 0.2) is 0 Å². The molecule has 26 heavy (non-hydrogen) atoms. The van der Waals surface area contributed by atoms with Crippen molar-refractivity contribution >= 4 is 16.9 Å². The molecular weight excluding hydrogens is 324 g/mol. The molecule has 0 radical (unpaired) electrons. The summed E-state index contributed by atoms with van der Waals surface area (Å²) in [5, 5.41) is 6.30. The molecule has 1 aliphatic rings. The molecule has 2 aromatic carbocycles. The highest BCUT2D eigenvalue weighted by Gasteiger charge is 2.28. The van der Waals surface area contributed by atoms with Crippen LogP contribution in [0.4, 0.5) is 0 Å². The van der Waals surface area contributed by atoms with E-state index in [-0.39, 0.29) is 11.8 Å². The Hall–Kier alpha value is -2.66. The standard InChI is InChI=1S/C21H24N4O/c1-15(18-11-22-12-18)21(26)23-10-16-5-4-6-17(9-16)13-25-14-24-19-7-2-3-8-20(19)25/h2-9,14-15,18,22H,10-13H2,1H3,(H,23,26). The summed E-state index contributed by atoms with van der Waals surface area (Å²) in [6.45, 7) is 5.25. The van der Waals surface area contributed by atoms with Crippen LogP contribution in [0.25, 0.3) is 11.0 Å². The fourth-order valence-electron chi connectivity index (χ4n) is 3.40. The van der Waals surface area contributed by atoms with Crippen LogP contribution >= 0.6 is 0 Å². The third-order valence-corrected chi connectivity index (χ3v) is 5.27. The first-order chi connectivity index (χ1) is 12.7. The molecule has 0 saturated carbocycles. The quantitative estimate of drug-likeness (QED) is 0.720. The van der Waals surface area contributed by atoms with Gasteiger partial charge in [0.25, 0.3) is 0 Å². The summed E-state index contributed by atoms with van der Waals surface area (Å²) in [6, 6.07) is 16.5. The molecule has 3 aromatic rings. The number of hydrogen-bond acceptors (Lipinski definition) is 3. The maximum absolute atomic E-state index is 12.3. The minimum atomic E-state index is 0.0664. The Kier molecular flexibility index (Phi) is 4.71. The Labute approximate surface area is 153 Å². The van der Waals surface area contributed by atoms with Gasteiger partial charge in [-0.3, -0.25) is 4.79 Å². The lowest BCUT2D eigenvalue weighted by Gasteiger charge is -2.31. The average Bonchev–Trinajstić information content (AvgIpc) is 3.01. The van der Waals surface area contributed by atoms with Crippen molar-refractivity contribution in [2.75, 3.05) is 13.1 Å². The second kappa shape index (κ2) is 7.30. The molecule has 1 saturated heterocycles. The molecule has 134 valence electrons. The van der Waals surface area contributed by atoms with Gasteiger partial charge >= 0.3 is 0 Å². The van der Waals surface area contributed by atoms with E-state index in [1.54, 1.807) is 0 Å². The lowest BCUT2D eigenvalue weighted by molar-refractivity contribution is -0.126. The van der Waals surface area contributed by atoms with Gasteiger partial charge in [0.2, 0.25) is 5.91 Å². The normalized spacial score (nSPS) is 15.6. The zero-order chi connectivity index (χ0) is 17.9.